The molecule has 1 N–H and O–H groups in total. The molecule has 1 aromatic carbocycles. The summed E-state index contributed by atoms with van der Waals surface area (Å²) in [5, 5.41) is 12.6. The predicted molar refractivity (Wildman–Crippen MR) is 63.8 cm³/mol. The Balaban J connectivity index is 1.76. The molecule has 0 saturated heterocycles. The number of carbonyl (C=O) groups excluding carboxylic acids is 2. The summed E-state index contributed by atoms with van der Waals surface area (Å²) < 4.78 is 18.8. The van der Waals surface area contributed by atoms with Gasteiger partial charge >= 0.3 is 5.97 Å². The summed E-state index contributed by atoms with van der Waals surface area (Å²) in [6.07, 6.45) is 1.24. The van der Waals surface area contributed by atoms with E-state index in [4.69, 9.17) is 4.74 Å². The van der Waals surface area contributed by atoms with E-state index >= 15 is 0 Å². The van der Waals surface area contributed by atoms with Crippen LogP contribution in [0.4, 0.5) is 10.1 Å². The van der Waals surface area contributed by atoms with Crippen molar-refractivity contribution in [1.82, 2.24) is 20.2 Å². The number of esters is 1. The quantitative estimate of drug-likeness (QED) is 0.773. The van der Waals surface area contributed by atoms with E-state index in [2.05, 4.69) is 20.8 Å². The molecule has 1 aromatic heterocycles. The van der Waals surface area contributed by atoms with Gasteiger partial charge in [0.1, 0.15) is 18.7 Å². The Kier molecular flexibility index (Phi) is 4.32. The number of anilines is 1. The summed E-state index contributed by atoms with van der Waals surface area (Å²) in [7, 11) is 0. The van der Waals surface area contributed by atoms with Gasteiger partial charge in [0, 0.05) is 5.69 Å². The minimum Gasteiger partial charge on any atom is -0.454 e. The lowest BCUT2D eigenvalue weighted by molar-refractivity contribution is -0.148. The highest BCUT2D eigenvalue weighted by atomic mass is 19.1. The maximum absolute atomic E-state index is 12.9. The van der Waals surface area contributed by atoms with Crippen LogP contribution in [0.5, 0.6) is 0 Å². The summed E-state index contributed by atoms with van der Waals surface area (Å²) in [5.74, 6) is -1.70. The Labute approximate surface area is 112 Å². The van der Waals surface area contributed by atoms with Crippen LogP contribution in [0.25, 0.3) is 0 Å². The fourth-order valence-corrected chi connectivity index (χ4v) is 1.34. The SMILES string of the molecule is O=C(COC(=O)Cn1cnnn1)Nc1cccc(F)c1. The van der Waals surface area contributed by atoms with Gasteiger partial charge in [0.05, 0.1) is 0 Å². The predicted octanol–water partition coefficient (Wildman–Crippen LogP) is -0.00590. The zero-order chi connectivity index (χ0) is 14.4. The number of ether oxygens (including phenoxy) is 1. The minimum absolute atomic E-state index is 0.194. The first-order valence-electron chi connectivity index (χ1n) is 5.55. The topological polar surface area (TPSA) is 99.0 Å². The summed E-state index contributed by atoms with van der Waals surface area (Å²) in [5.41, 5.74) is 0.284. The number of hydrogen-bond donors (Lipinski definition) is 1. The molecule has 0 aliphatic carbocycles. The third kappa shape index (κ3) is 4.12. The molecule has 0 fully saturated rings. The average Bonchev–Trinajstić information content (AvgIpc) is 2.89. The smallest absolute Gasteiger partial charge is 0.328 e. The van der Waals surface area contributed by atoms with Gasteiger partial charge in [-0.05, 0) is 28.6 Å². The second-order valence-electron chi connectivity index (χ2n) is 3.73. The van der Waals surface area contributed by atoms with Crippen molar-refractivity contribution in [2.45, 2.75) is 6.54 Å². The van der Waals surface area contributed by atoms with Gasteiger partial charge in [0.25, 0.3) is 5.91 Å². The normalized spacial score (nSPS) is 10.1. The van der Waals surface area contributed by atoms with E-state index in [1.165, 1.54) is 24.5 Å². The number of tetrazole rings is 1. The van der Waals surface area contributed by atoms with Gasteiger partial charge in [-0.1, -0.05) is 6.07 Å². The van der Waals surface area contributed by atoms with Crippen LogP contribution in [0.1, 0.15) is 0 Å². The first kappa shape index (κ1) is 13.6. The van der Waals surface area contributed by atoms with Crippen molar-refractivity contribution in [1.29, 1.82) is 0 Å². The highest BCUT2D eigenvalue weighted by molar-refractivity contribution is 5.92. The summed E-state index contributed by atoms with van der Waals surface area (Å²) in [6, 6.07) is 5.38. The van der Waals surface area contributed by atoms with Crippen LogP contribution in [0.15, 0.2) is 30.6 Å². The lowest BCUT2D eigenvalue weighted by Crippen LogP contribution is -2.23. The molecule has 0 bridgehead atoms. The number of carbonyl (C=O) groups is 2. The summed E-state index contributed by atoms with van der Waals surface area (Å²) >= 11 is 0. The van der Waals surface area contributed by atoms with Gasteiger partial charge in [0.2, 0.25) is 0 Å². The van der Waals surface area contributed by atoms with Crippen molar-refractivity contribution >= 4 is 17.6 Å². The summed E-state index contributed by atoms with van der Waals surface area (Å²) in [4.78, 5) is 22.8. The molecule has 1 amide bonds. The molecule has 20 heavy (non-hydrogen) atoms. The zero-order valence-corrected chi connectivity index (χ0v) is 10.2. The number of benzene rings is 1. The Morgan fingerprint density at radius 3 is 2.95 bits per heavy atom. The highest BCUT2D eigenvalue weighted by Gasteiger charge is 2.09. The van der Waals surface area contributed by atoms with Crippen LogP contribution in [0, 0.1) is 5.82 Å². The Morgan fingerprint density at radius 1 is 1.40 bits per heavy atom. The van der Waals surface area contributed by atoms with Gasteiger partial charge in [0.15, 0.2) is 6.61 Å². The number of nitrogens with one attached hydrogen (secondary N) is 1. The zero-order valence-electron chi connectivity index (χ0n) is 10.2. The van der Waals surface area contributed by atoms with Gasteiger partial charge in [-0.15, -0.1) is 5.10 Å². The van der Waals surface area contributed by atoms with Crippen LogP contribution >= 0.6 is 0 Å². The molecule has 1 heterocycles. The maximum Gasteiger partial charge on any atom is 0.328 e. The molecule has 0 saturated carbocycles. The van der Waals surface area contributed by atoms with Crippen molar-refractivity contribution in [2.24, 2.45) is 0 Å². The third-order valence-electron chi connectivity index (χ3n) is 2.16. The van der Waals surface area contributed by atoms with E-state index in [-0.39, 0.29) is 12.2 Å². The Bertz CT molecular complexity index is 602. The van der Waals surface area contributed by atoms with E-state index < -0.39 is 24.3 Å². The van der Waals surface area contributed by atoms with Crippen LogP contribution in [-0.2, 0) is 20.9 Å². The lowest BCUT2D eigenvalue weighted by atomic mass is 10.3. The van der Waals surface area contributed by atoms with E-state index in [0.717, 1.165) is 10.7 Å². The van der Waals surface area contributed by atoms with Crippen molar-refractivity contribution < 1.29 is 18.7 Å². The molecule has 0 spiro atoms. The number of rotatable bonds is 5. The summed E-state index contributed by atoms with van der Waals surface area (Å²) in [6.45, 7) is -0.669. The molecule has 0 aliphatic rings. The molecule has 104 valence electrons. The van der Waals surface area contributed by atoms with Crippen LogP contribution in [0.2, 0.25) is 0 Å². The standard InChI is InChI=1S/C11H10FN5O3/c12-8-2-1-3-9(4-8)14-10(18)6-20-11(19)5-17-7-13-15-16-17/h1-4,7H,5-6H2,(H,14,18). The van der Waals surface area contributed by atoms with Crippen molar-refractivity contribution in [3.63, 3.8) is 0 Å². The first-order valence-corrected chi connectivity index (χ1v) is 5.55. The van der Waals surface area contributed by atoms with Gasteiger partial charge in [-0.3, -0.25) is 9.59 Å². The second-order valence-corrected chi connectivity index (χ2v) is 3.73. The van der Waals surface area contributed by atoms with E-state index in [1.807, 2.05) is 0 Å². The van der Waals surface area contributed by atoms with E-state index in [0.29, 0.717) is 0 Å². The molecule has 9 heteroatoms. The maximum atomic E-state index is 12.9. The van der Waals surface area contributed by atoms with Crippen LogP contribution in [-0.4, -0.2) is 38.7 Å². The fourth-order valence-electron chi connectivity index (χ4n) is 1.34. The lowest BCUT2D eigenvalue weighted by Gasteiger charge is -2.06. The molecule has 0 unspecified atom stereocenters. The van der Waals surface area contributed by atoms with Crippen molar-refractivity contribution in [3.05, 3.63) is 36.4 Å². The number of amides is 1. The molecule has 0 atom stereocenters. The third-order valence-corrected chi connectivity index (χ3v) is 2.16. The molecular formula is C11H10FN5O3. The minimum atomic E-state index is -0.660. The number of aromatic nitrogens is 4. The molecular weight excluding hydrogens is 269 g/mol. The molecule has 0 radical (unpaired) electrons. The largest absolute Gasteiger partial charge is 0.454 e. The van der Waals surface area contributed by atoms with Crippen molar-refractivity contribution in [3.8, 4) is 0 Å². The van der Waals surface area contributed by atoms with Crippen LogP contribution in [0.3, 0.4) is 0 Å². The van der Waals surface area contributed by atoms with Gasteiger partial charge in [-0.25, -0.2) is 9.07 Å². The first-order chi connectivity index (χ1) is 9.63. The molecule has 8 nitrogen and oxygen atoms in total. The average molecular weight is 279 g/mol. The van der Waals surface area contributed by atoms with E-state index in [9.17, 15) is 14.0 Å². The Morgan fingerprint density at radius 2 is 2.25 bits per heavy atom. The molecule has 0 aliphatic heterocycles. The van der Waals surface area contributed by atoms with Gasteiger partial charge in [-0.2, -0.15) is 0 Å². The highest BCUT2D eigenvalue weighted by Crippen LogP contribution is 2.08. The van der Waals surface area contributed by atoms with Crippen LogP contribution < -0.4 is 5.32 Å². The number of nitrogens with zero attached hydrogens (tertiary/aromatic N) is 4. The number of hydrogen-bond acceptors (Lipinski definition) is 6. The van der Waals surface area contributed by atoms with Gasteiger partial charge < -0.3 is 10.1 Å². The van der Waals surface area contributed by atoms with E-state index in [1.54, 1.807) is 0 Å². The second kappa shape index (κ2) is 6.36. The molecule has 2 aromatic rings. The van der Waals surface area contributed by atoms with Crippen molar-refractivity contribution in [2.75, 3.05) is 11.9 Å². The monoisotopic (exact) mass is 279 g/mol. The molecule has 2 rings (SSSR count). The fraction of sp³-hybridized carbons (Fsp3) is 0.182. The Hall–Kier alpha value is -2.84. The number of halogens is 1.